The second-order valence-corrected chi connectivity index (χ2v) is 6.43. The van der Waals surface area contributed by atoms with E-state index in [0.717, 1.165) is 0 Å². The zero-order valence-corrected chi connectivity index (χ0v) is 14.5. The Hall–Kier alpha value is -1.33. The average Bonchev–Trinajstić information content (AvgIpc) is 2.43. The van der Waals surface area contributed by atoms with Gasteiger partial charge < -0.3 is 19.4 Å². The van der Waals surface area contributed by atoms with E-state index in [0.29, 0.717) is 23.3 Å². The number of benzene rings is 1. The second kappa shape index (κ2) is 7.29. The van der Waals surface area contributed by atoms with Crippen LogP contribution in [0.15, 0.2) is 36.0 Å². The van der Waals surface area contributed by atoms with Crippen LogP contribution >= 0.6 is 7.82 Å². The van der Waals surface area contributed by atoms with Gasteiger partial charge in [0, 0.05) is 20.3 Å². The lowest BCUT2D eigenvalue weighted by molar-refractivity contribution is 0.0568. The third-order valence-corrected chi connectivity index (χ3v) is 3.95. The maximum atomic E-state index is 11.5. The quantitative estimate of drug-likeness (QED) is 0.749. The fourth-order valence-corrected chi connectivity index (χ4v) is 3.25. The summed E-state index contributed by atoms with van der Waals surface area (Å²) in [7, 11) is 0.531. The fourth-order valence-electron chi connectivity index (χ4n) is 2.47. The molecule has 1 aromatic rings. The van der Waals surface area contributed by atoms with Crippen LogP contribution in [0.4, 0.5) is 0 Å². The van der Waals surface area contributed by atoms with Gasteiger partial charge in [0.2, 0.25) is 0 Å². The maximum Gasteiger partial charge on any atom is 0.470 e. The summed E-state index contributed by atoms with van der Waals surface area (Å²) in [6.07, 6.45) is 2.15. The van der Waals surface area contributed by atoms with E-state index >= 15 is 0 Å². The van der Waals surface area contributed by atoms with Gasteiger partial charge in [0.25, 0.3) is 0 Å². The summed E-state index contributed by atoms with van der Waals surface area (Å²) < 4.78 is 22.0. The fraction of sp³-hybridized carbons (Fsp3) is 0.467. The molecule has 1 atom stereocenters. The van der Waals surface area contributed by atoms with Crippen molar-refractivity contribution in [3.05, 3.63) is 41.6 Å². The molecule has 0 amide bonds. The zero-order chi connectivity index (χ0) is 17.0. The van der Waals surface area contributed by atoms with E-state index in [1.165, 1.54) is 0 Å². The van der Waals surface area contributed by atoms with Crippen molar-refractivity contribution >= 4 is 7.82 Å². The van der Waals surface area contributed by atoms with Crippen LogP contribution in [0.2, 0.25) is 0 Å². The molecule has 2 N–H and O–H groups in total. The topological polar surface area (TPSA) is 79.2 Å². The molecule has 0 fully saturated rings. The van der Waals surface area contributed by atoms with Crippen LogP contribution in [0, 0.1) is 0 Å². The Labute approximate surface area is 131 Å². The van der Waals surface area contributed by atoms with E-state index in [2.05, 4.69) is 0 Å². The number of hydrogen-bond acceptors (Lipinski definition) is 4. The van der Waals surface area contributed by atoms with Gasteiger partial charge in [0.15, 0.2) is 0 Å². The summed E-state index contributed by atoms with van der Waals surface area (Å²) in [5.41, 5.74) is 0.0996. The summed E-state index contributed by atoms with van der Waals surface area (Å²) in [5.74, 6) is 0.599. The molecule has 0 aromatic heterocycles. The smallest absolute Gasteiger partial charge is 0.470 e. The highest BCUT2D eigenvalue weighted by molar-refractivity contribution is 7.46. The van der Waals surface area contributed by atoms with Gasteiger partial charge in [0.1, 0.15) is 11.4 Å². The normalized spacial score (nSPS) is 15.3. The Kier molecular flexibility index (Phi) is 6.20. The van der Waals surface area contributed by atoms with Gasteiger partial charge in [-0.05, 0) is 36.6 Å². The molecule has 1 aromatic carbocycles. The minimum Gasteiger partial charge on any atom is -0.497 e. The summed E-state index contributed by atoms with van der Waals surface area (Å²) in [5, 5.41) is 0. The van der Waals surface area contributed by atoms with Crippen molar-refractivity contribution in [1.82, 2.24) is 4.90 Å². The van der Waals surface area contributed by atoms with Crippen LogP contribution < -0.4 is 4.74 Å². The first-order chi connectivity index (χ1) is 10.1. The van der Waals surface area contributed by atoms with Crippen LogP contribution in [0.3, 0.4) is 0 Å². The van der Waals surface area contributed by atoms with Gasteiger partial charge in [0.05, 0.1) is 7.11 Å². The molecular weight excluding hydrogens is 305 g/mol. The lowest BCUT2D eigenvalue weighted by atomic mass is 9.85. The van der Waals surface area contributed by atoms with E-state index in [4.69, 9.17) is 9.26 Å². The Morgan fingerprint density at radius 2 is 2.05 bits per heavy atom. The summed E-state index contributed by atoms with van der Waals surface area (Å²) >= 11 is 0. The minimum absolute atomic E-state index is 0.363. The van der Waals surface area contributed by atoms with E-state index in [-0.39, 0.29) is 0 Å². The molecule has 0 bridgehead atoms. The predicted octanol–water partition coefficient (Wildman–Crippen LogP) is 2.88. The zero-order valence-electron chi connectivity index (χ0n) is 13.6. The molecule has 0 saturated carbocycles. The molecule has 22 heavy (non-hydrogen) atoms. The maximum absolute atomic E-state index is 11.5. The number of hydrogen-bond donors (Lipinski definition) is 2. The molecule has 0 heterocycles. The standard InChI is InChI=1S/C15H24NO5P/c1-6-15(21-22(17,18)19,12(2)11-16(3)4)13-8-7-9-14(10-13)20-5/h7-11H,6H2,1-5H3,(H2,17,18,19)/t15-/m0/s1. The van der Waals surface area contributed by atoms with E-state index in [1.807, 2.05) is 25.9 Å². The monoisotopic (exact) mass is 329 g/mol. The second-order valence-electron chi connectivity index (χ2n) is 5.27. The molecule has 1 rings (SSSR count). The summed E-state index contributed by atoms with van der Waals surface area (Å²) in [6.45, 7) is 3.61. The number of phosphoric acid groups is 1. The Morgan fingerprint density at radius 1 is 1.41 bits per heavy atom. The number of ether oxygens (including phenoxy) is 1. The molecule has 0 saturated heterocycles. The van der Waals surface area contributed by atoms with Crippen LogP contribution in [-0.2, 0) is 14.7 Å². The van der Waals surface area contributed by atoms with Crippen molar-refractivity contribution in [3.63, 3.8) is 0 Å². The first kappa shape index (κ1) is 18.7. The minimum atomic E-state index is -4.69. The van der Waals surface area contributed by atoms with Gasteiger partial charge in [-0.25, -0.2) is 4.57 Å². The summed E-state index contributed by atoms with van der Waals surface area (Å²) in [6, 6.07) is 7.04. The third kappa shape index (κ3) is 4.58. The first-order valence-corrected chi connectivity index (χ1v) is 8.44. The van der Waals surface area contributed by atoms with Gasteiger partial charge in [-0.2, -0.15) is 0 Å². The molecule has 124 valence electrons. The molecule has 0 aliphatic heterocycles. The average molecular weight is 329 g/mol. The van der Waals surface area contributed by atoms with E-state index < -0.39 is 13.4 Å². The third-order valence-electron chi connectivity index (χ3n) is 3.40. The SMILES string of the molecule is CC[C@](OP(=O)(O)O)(C(C)=CN(C)C)c1cccc(OC)c1. The molecule has 0 aliphatic carbocycles. The van der Waals surface area contributed by atoms with Crippen LogP contribution in [0.25, 0.3) is 0 Å². The van der Waals surface area contributed by atoms with Crippen LogP contribution in [0.1, 0.15) is 25.8 Å². The Balaban J connectivity index is 3.51. The highest BCUT2D eigenvalue weighted by Gasteiger charge is 2.40. The molecule has 0 radical (unpaired) electrons. The number of methoxy groups -OCH3 is 1. The van der Waals surface area contributed by atoms with Gasteiger partial charge >= 0.3 is 7.82 Å². The molecule has 0 spiro atoms. The largest absolute Gasteiger partial charge is 0.497 e. The van der Waals surface area contributed by atoms with Crippen molar-refractivity contribution in [2.45, 2.75) is 25.9 Å². The van der Waals surface area contributed by atoms with E-state index in [1.54, 1.807) is 44.5 Å². The van der Waals surface area contributed by atoms with Crippen LogP contribution in [0.5, 0.6) is 5.75 Å². The molecule has 7 heteroatoms. The van der Waals surface area contributed by atoms with Gasteiger partial charge in [-0.1, -0.05) is 19.1 Å². The lowest BCUT2D eigenvalue weighted by Crippen LogP contribution is -2.30. The highest BCUT2D eigenvalue weighted by Crippen LogP contribution is 2.50. The van der Waals surface area contributed by atoms with Crippen molar-refractivity contribution in [1.29, 1.82) is 0 Å². The van der Waals surface area contributed by atoms with Crippen molar-refractivity contribution in [3.8, 4) is 5.75 Å². The molecule has 6 nitrogen and oxygen atoms in total. The summed E-state index contributed by atoms with van der Waals surface area (Å²) in [4.78, 5) is 20.6. The first-order valence-electron chi connectivity index (χ1n) is 6.90. The van der Waals surface area contributed by atoms with Crippen molar-refractivity contribution < 1.29 is 23.6 Å². The van der Waals surface area contributed by atoms with Gasteiger partial charge in [-0.15, -0.1) is 0 Å². The predicted molar refractivity (Wildman–Crippen MR) is 85.5 cm³/mol. The number of phosphoric ester groups is 1. The number of rotatable bonds is 7. The molecule has 0 unspecified atom stereocenters. The molecule has 0 aliphatic rings. The van der Waals surface area contributed by atoms with E-state index in [9.17, 15) is 14.4 Å². The van der Waals surface area contributed by atoms with Gasteiger partial charge in [-0.3, -0.25) is 4.52 Å². The Morgan fingerprint density at radius 3 is 2.50 bits per heavy atom. The molecular formula is C15H24NO5P. The highest BCUT2D eigenvalue weighted by atomic mass is 31.2. The van der Waals surface area contributed by atoms with Crippen molar-refractivity contribution in [2.24, 2.45) is 0 Å². The van der Waals surface area contributed by atoms with Crippen molar-refractivity contribution in [2.75, 3.05) is 21.2 Å². The number of nitrogens with zero attached hydrogens (tertiary/aromatic N) is 1. The Bertz CT molecular complexity index is 581. The lowest BCUT2D eigenvalue weighted by Gasteiger charge is -2.35. The van der Waals surface area contributed by atoms with Crippen LogP contribution in [-0.4, -0.2) is 35.9 Å².